The Morgan fingerprint density at radius 1 is 1.37 bits per heavy atom. The van der Waals surface area contributed by atoms with E-state index in [4.69, 9.17) is 9.47 Å². The van der Waals surface area contributed by atoms with Crippen LogP contribution in [0.25, 0.3) is 0 Å². The Hall–Kier alpha value is -2.04. The molecule has 5 heteroatoms. The van der Waals surface area contributed by atoms with E-state index in [2.05, 4.69) is 5.32 Å². The number of methoxy groups -OCH3 is 1. The zero-order chi connectivity index (χ0) is 14.3. The average Bonchev–Trinajstić information content (AvgIpc) is 2.39. The Balaban J connectivity index is 2.52. The van der Waals surface area contributed by atoms with Gasteiger partial charge in [-0.3, -0.25) is 4.79 Å². The summed E-state index contributed by atoms with van der Waals surface area (Å²) in [4.78, 5) is 23.1. The summed E-state index contributed by atoms with van der Waals surface area (Å²) < 4.78 is 9.90. The summed E-state index contributed by atoms with van der Waals surface area (Å²) in [6, 6.07) is 6.60. The lowest BCUT2D eigenvalue weighted by molar-refractivity contribution is -0.146. The van der Waals surface area contributed by atoms with Crippen LogP contribution in [-0.4, -0.2) is 31.6 Å². The maximum Gasteiger partial charge on any atom is 0.328 e. The van der Waals surface area contributed by atoms with Gasteiger partial charge in [0.15, 0.2) is 0 Å². The second kappa shape index (κ2) is 7.41. The molecule has 1 amide bonds. The molecule has 1 atom stereocenters. The Labute approximate surface area is 112 Å². The fraction of sp³-hybridized carbons (Fsp3) is 0.429. The van der Waals surface area contributed by atoms with Gasteiger partial charge in [-0.1, -0.05) is 12.1 Å². The summed E-state index contributed by atoms with van der Waals surface area (Å²) in [6.45, 7) is 3.62. The van der Waals surface area contributed by atoms with Crippen molar-refractivity contribution in [1.82, 2.24) is 5.32 Å². The third-order valence-electron chi connectivity index (χ3n) is 2.52. The molecule has 0 aliphatic carbocycles. The second-order valence-corrected chi connectivity index (χ2v) is 4.07. The summed E-state index contributed by atoms with van der Waals surface area (Å²) in [6.07, 6.45) is 0.195. The average molecular weight is 265 g/mol. The molecule has 0 aliphatic rings. The summed E-state index contributed by atoms with van der Waals surface area (Å²) in [7, 11) is 1.57. The number of amides is 1. The zero-order valence-electron chi connectivity index (χ0n) is 11.4. The first-order chi connectivity index (χ1) is 9.06. The molecular weight excluding hydrogens is 246 g/mol. The van der Waals surface area contributed by atoms with Gasteiger partial charge in [0.2, 0.25) is 5.91 Å². The molecule has 0 fully saturated rings. The van der Waals surface area contributed by atoms with E-state index in [1.54, 1.807) is 27.0 Å². The maximum atomic E-state index is 11.8. The standard InChI is InChI=1S/C14H19NO4/c1-4-19-14(17)10(2)15-13(16)9-11-6-5-7-12(8-11)18-3/h5-8,10H,4,9H2,1-3H3,(H,15,16). The van der Waals surface area contributed by atoms with Crippen LogP contribution in [-0.2, 0) is 20.7 Å². The van der Waals surface area contributed by atoms with Gasteiger partial charge in [-0.15, -0.1) is 0 Å². The van der Waals surface area contributed by atoms with Crippen molar-refractivity contribution in [3.05, 3.63) is 29.8 Å². The van der Waals surface area contributed by atoms with E-state index in [1.165, 1.54) is 0 Å². The minimum absolute atomic E-state index is 0.195. The summed E-state index contributed by atoms with van der Waals surface area (Å²) in [5, 5.41) is 2.60. The third kappa shape index (κ3) is 4.99. The van der Waals surface area contributed by atoms with Gasteiger partial charge < -0.3 is 14.8 Å². The van der Waals surface area contributed by atoms with Crippen molar-refractivity contribution >= 4 is 11.9 Å². The lowest BCUT2D eigenvalue weighted by Crippen LogP contribution is -2.40. The number of esters is 1. The molecule has 0 bridgehead atoms. The van der Waals surface area contributed by atoms with Gasteiger partial charge in [-0.05, 0) is 31.5 Å². The fourth-order valence-corrected chi connectivity index (χ4v) is 1.59. The second-order valence-electron chi connectivity index (χ2n) is 4.07. The normalized spacial score (nSPS) is 11.5. The van der Waals surface area contributed by atoms with Crippen molar-refractivity contribution in [2.24, 2.45) is 0 Å². The van der Waals surface area contributed by atoms with Gasteiger partial charge >= 0.3 is 5.97 Å². The highest BCUT2D eigenvalue weighted by atomic mass is 16.5. The molecule has 0 saturated heterocycles. The van der Waals surface area contributed by atoms with Gasteiger partial charge in [-0.2, -0.15) is 0 Å². The highest BCUT2D eigenvalue weighted by Gasteiger charge is 2.16. The molecule has 1 unspecified atom stereocenters. The predicted molar refractivity (Wildman–Crippen MR) is 70.9 cm³/mol. The van der Waals surface area contributed by atoms with Gasteiger partial charge in [0, 0.05) is 0 Å². The number of hydrogen-bond acceptors (Lipinski definition) is 4. The molecule has 0 radical (unpaired) electrons. The molecule has 104 valence electrons. The van der Waals surface area contributed by atoms with Crippen molar-refractivity contribution in [2.75, 3.05) is 13.7 Å². The lowest BCUT2D eigenvalue weighted by atomic mass is 10.1. The molecule has 1 aromatic carbocycles. The highest BCUT2D eigenvalue weighted by Crippen LogP contribution is 2.12. The van der Waals surface area contributed by atoms with Crippen LogP contribution in [0.15, 0.2) is 24.3 Å². The third-order valence-corrected chi connectivity index (χ3v) is 2.52. The maximum absolute atomic E-state index is 11.8. The number of hydrogen-bond donors (Lipinski definition) is 1. The number of carbonyl (C=O) groups excluding carboxylic acids is 2. The molecule has 1 aromatic rings. The zero-order valence-corrected chi connectivity index (χ0v) is 11.4. The topological polar surface area (TPSA) is 64.6 Å². The Kier molecular flexibility index (Phi) is 5.85. The van der Waals surface area contributed by atoms with Crippen LogP contribution in [0.2, 0.25) is 0 Å². The minimum atomic E-state index is -0.641. The first-order valence-electron chi connectivity index (χ1n) is 6.15. The number of benzene rings is 1. The monoisotopic (exact) mass is 265 g/mol. The van der Waals surface area contributed by atoms with Crippen LogP contribution in [0, 0.1) is 0 Å². The van der Waals surface area contributed by atoms with E-state index in [-0.39, 0.29) is 12.3 Å². The summed E-state index contributed by atoms with van der Waals surface area (Å²) in [5.41, 5.74) is 0.827. The molecule has 5 nitrogen and oxygen atoms in total. The number of rotatable bonds is 6. The first kappa shape index (κ1) is 15.0. The molecule has 0 saturated carbocycles. The van der Waals surface area contributed by atoms with Gasteiger partial charge in [0.25, 0.3) is 0 Å². The first-order valence-corrected chi connectivity index (χ1v) is 6.15. The van der Waals surface area contributed by atoms with Crippen molar-refractivity contribution in [3.8, 4) is 5.75 Å². The Bertz CT molecular complexity index is 445. The molecule has 0 spiro atoms. The van der Waals surface area contributed by atoms with Gasteiger partial charge in [-0.25, -0.2) is 4.79 Å². The van der Waals surface area contributed by atoms with E-state index in [1.807, 2.05) is 18.2 Å². The van der Waals surface area contributed by atoms with Crippen LogP contribution >= 0.6 is 0 Å². The largest absolute Gasteiger partial charge is 0.497 e. The van der Waals surface area contributed by atoms with E-state index in [9.17, 15) is 9.59 Å². The SMILES string of the molecule is CCOC(=O)C(C)NC(=O)Cc1cccc(OC)c1. The van der Waals surface area contributed by atoms with Gasteiger partial charge in [0.1, 0.15) is 11.8 Å². The molecule has 0 heterocycles. The molecular formula is C14H19NO4. The molecule has 0 aromatic heterocycles. The Morgan fingerprint density at radius 3 is 2.74 bits per heavy atom. The van der Waals surface area contributed by atoms with E-state index in [0.717, 1.165) is 5.56 Å². The van der Waals surface area contributed by atoms with Crippen LogP contribution in [0.3, 0.4) is 0 Å². The van der Waals surface area contributed by atoms with Crippen LogP contribution in [0.4, 0.5) is 0 Å². The minimum Gasteiger partial charge on any atom is -0.497 e. The number of carbonyl (C=O) groups is 2. The van der Waals surface area contributed by atoms with Gasteiger partial charge in [0.05, 0.1) is 20.1 Å². The number of nitrogens with one attached hydrogen (secondary N) is 1. The van der Waals surface area contributed by atoms with E-state index < -0.39 is 12.0 Å². The van der Waals surface area contributed by atoms with E-state index in [0.29, 0.717) is 12.4 Å². The van der Waals surface area contributed by atoms with Crippen molar-refractivity contribution in [2.45, 2.75) is 26.3 Å². The molecule has 1 rings (SSSR count). The van der Waals surface area contributed by atoms with E-state index >= 15 is 0 Å². The van der Waals surface area contributed by atoms with Crippen LogP contribution in [0.5, 0.6) is 5.75 Å². The highest BCUT2D eigenvalue weighted by molar-refractivity contribution is 5.85. The molecule has 0 aliphatic heterocycles. The summed E-state index contributed by atoms with van der Waals surface area (Å²) in [5.74, 6) is 0.0408. The van der Waals surface area contributed by atoms with Crippen molar-refractivity contribution in [1.29, 1.82) is 0 Å². The molecule has 19 heavy (non-hydrogen) atoms. The quantitative estimate of drug-likeness (QED) is 0.788. The smallest absolute Gasteiger partial charge is 0.328 e. The molecule has 1 N–H and O–H groups in total. The Morgan fingerprint density at radius 2 is 2.11 bits per heavy atom. The predicted octanol–water partition coefficient (Wildman–Crippen LogP) is 1.31. The van der Waals surface area contributed by atoms with Crippen molar-refractivity contribution in [3.63, 3.8) is 0 Å². The van der Waals surface area contributed by atoms with Crippen LogP contribution in [0.1, 0.15) is 19.4 Å². The fourth-order valence-electron chi connectivity index (χ4n) is 1.59. The number of ether oxygens (including phenoxy) is 2. The lowest BCUT2D eigenvalue weighted by Gasteiger charge is -2.12. The van der Waals surface area contributed by atoms with Crippen molar-refractivity contribution < 1.29 is 19.1 Å². The van der Waals surface area contributed by atoms with Crippen LogP contribution < -0.4 is 10.1 Å². The summed E-state index contributed by atoms with van der Waals surface area (Å²) >= 11 is 0.